The summed E-state index contributed by atoms with van der Waals surface area (Å²) in [6.45, 7) is 6.65. The maximum Gasteiger partial charge on any atom is 0.126 e. The monoisotopic (exact) mass is 316 g/mol. The first-order chi connectivity index (χ1) is 11.1. The van der Waals surface area contributed by atoms with Crippen molar-refractivity contribution >= 4 is 0 Å². The minimum atomic E-state index is 0.272. The lowest BCUT2D eigenvalue weighted by molar-refractivity contribution is 0.361. The minimum absolute atomic E-state index is 0.272. The number of aromatic hydroxyl groups is 1. The summed E-state index contributed by atoms with van der Waals surface area (Å²) in [6, 6.07) is 4.09. The van der Waals surface area contributed by atoms with E-state index in [2.05, 4.69) is 32.9 Å². The molecule has 0 fully saturated rings. The van der Waals surface area contributed by atoms with Crippen molar-refractivity contribution < 1.29 is 9.84 Å². The van der Waals surface area contributed by atoms with Crippen LogP contribution in [0.4, 0.5) is 0 Å². The standard InChI is InChI=1S/C21H32O2/c1-5-7-8-9-16-13-19(22)21(20(14-16)23-4)18-12-15(3)10-11-17(18)6-2/h12-14,17-18,22H,5-11H2,1-4H3/t17-,18-/m1/s1. The van der Waals surface area contributed by atoms with Crippen molar-refractivity contribution in [3.8, 4) is 11.5 Å². The molecule has 0 heterocycles. The average Bonchev–Trinajstić information content (AvgIpc) is 2.54. The molecule has 1 aliphatic rings. The molecule has 0 spiro atoms. The van der Waals surface area contributed by atoms with Crippen LogP contribution in [-0.4, -0.2) is 12.2 Å². The summed E-state index contributed by atoms with van der Waals surface area (Å²) in [5.74, 6) is 2.12. The molecule has 2 atom stereocenters. The number of ether oxygens (including phenoxy) is 1. The highest BCUT2D eigenvalue weighted by Crippen LogP contribution is 2.45. The molecule has 0 aliphatic heterocycles. The van der Waals surface area contributed by atoms with Gasteiger partial charge in [-0.05, 0) is 56.2 Å². The molecule has 2 heteroatoms. The van der Waals surface area contributed by atoms with E-state index in [9.17, 15) is 5.11 Å². The predicted octanol–water partition coefficient (Wildman–Crippen LogP) is 5.98. The largest absolute Gasteiger partial charge is 0.507 e. The summed E-state index contributed by atoms with van der Waals surface area (Å²) in [5, 5.41) is 10.7. The van der Waals surface area contributed by atoms with Crippen LogP contribution >= 0.6 is 0 Å². The number of phenols is 1. The van der Waals surface area contributed by atoms with Crippen LogP contribution in [0.15, 0.2) is 23.8 Å². The van der Waals surface area contributed by atoms with Gasteiger partial charge in [-0.25, -0.2) is 0 Å². The molecular weight excluding hydrogens is 284 g/mol. The Morgan fingerprint density at radius 3 is 2.65 bits per heavy atom. The van der Waals surface area contributed by atoms with Gasteiger partial charge < -0.3 is 9.84 Å². The molecular formula is C21H32O2. The Bertz CT molecular complexity index is 545. The number of phenolic OH excluding ortho intramolecular Hbond substituents is 1. The molecule has 1 aromatic carbocycles. The van der Waals surface area contributed by atoms with Gasteiger partial charge in [0.05, 0.1) is 7.11 Å². The van der Waals surface area contributed by atoms with E-state index in [0.29, 0.717) is 11.7 Å². The molecule has 0 radical (unpaired) electrons. The summed E-state index contributed by atoms with van der Waals surface area (Å²) < 4.78 is 5.67. The van der Waals surface area contributed by atoms with Crippen LogP contribution in [0, 0.1) is 5.92 Å². The van der Waals surface area contributed by atoms with Gasteiger partial charge in [-0.1, -0.05) is 44.8 Å². The van der Waals surface area contributed by atoms with E-state index < -0.39 is 0 Å². The second kappa shape index (κ2) is 8.42. The Morgan fingerprint density at radius 2 is 2.00 bits per heavy atom. The topological polar surface area (TPSA) is 29.5 Å². The number of hydrogen-bond donors (Lipinski definition) is 1. The zero-order chi connectivity index (χ0) is 16.8. The molecule has 1 aliphatic carbocycles. The van der Waals surface area contributed by atoms with Crippen molar-refractivity contribution in [2.45, 2.75) is 71.6 Å². The van der Waals surface area contributed by atoms with Gasteiger partial charge >= 0.3 is 0 Å². The molecule has 2 rings (SSSR count). The number of unbranched alkanes of at least 4 members (excludes halogenated alkanes) is 2. The second-order valence-electron chi connectivity index (χ2n) is 6.93. The Kier molecular flexibility index (Phi) is 6.56. The van der Waals surface area contributed by atoms with Crippen molar-refractivity contribution in [1.29, 1.82) is 0 Å². The Hall–Kier alpha value is -1.44. The lowest BCUT2D eigenvalue weighted by atomic mass is 9.75. The quantitative estimate of drug-likeness (QED) is 0.495. The van der Waals surface area contributed by atoms with E-state index in [1.54, 1.807) is 7.11 Å². The normalized spacial score (nSPS) is 21.1. The van der Waals surface area contributed by atoms with Crippen LogP contribution in [0.25, 0.3) is 0 Å². The Labute approximate surface area is 141 Å². The van der Waals surface area contributed by atoms with E-state index in [1.165, 1.54) is 43.2 Å². The Morgan fingerprint density at radius 1 is 1.22 bits per heavy atom. The van der Waals surface area contributed by atoms with E-state index in [-0.39, 0.29) is 5.92 Å². The lowest BCUT2D eigenvalue weighted by Crippen LogP contribution is -2.16. The van der Waals surface area contributed by atoms with Crippen LogP contribution in [0.5, 0.6) is 11.5 Å². The number of rotatable bonds is 7. The summed E-state index contributed by atoms with van der Waals surface area (Å²) in [6.07, 6.45) is 10.5. The van der Waals surface area contributed by atoms with Crippen LogP contribution in [0.1, 0.15) is 76.3 Å². The van der Waals surface area contributed by atoms with E-state index in [4.69, 9.17) is 4.74 Å². The molecule has 0 amide bonds. The predicted molar refractivity (Wildman–Crippen MR) is 97.4 cm³/mol. The lowest BCUT2D eigenvalue weighted by Gasteiger charge is -2.31. The van der Waals surface area contributed by atoms with Gasteiger partial charge in [-0.15, -0.1) is 0 Å². The van der Waals surface area contributed by atoms with Crippen molar-refractivity contribution in [1.82, 2.24) is 0 Å². The smallest absolute Gasteiger partial charge is 0.126 e. The highest BCUT2D eigenvalue weighted by Gasteiger charge is 2.28. The maximum atomic E-state index is 10.7. The fourth-order valence-electron chi connectivity index (χ4n) is 3.79. The fourth-order valence-corrected chi connectivity index (χ4v) is 3.79. The zero-order valence-corrected chi connectivity index (χ0v) is 15.2. The van der Waals surface area contributed by atoms with Crippen LogP contribution in [0.3, 0.4) is 0 Å². The second-order valence-corrected chi connectivity index (χ2v) is 6.93. The molecule has 0 saturated carbocycles. The van der Waals surface area contributed by atoms with E-state index >= 15 is 0 Å². The molecule has 128 valence electrons. The number of allylic oxidation sites excluding steroid dienone is 2. The summed E-state index contributed by atoms with van der Waals surface area (Å²) in [7, 11) is 1.72. The SMILES string of the molecule is CCCCCc1cc(O)c([C@@H]2C=C(C)CC[C@H]2CC)c(OC)c1. The third kappa shape index (κ3) is 4.31. The van der Waals surface area contributed by atoms with Crippen molar-refractivity contribution in [2.75, 3.05) is 7.11 Å². The van der Waals surface area contributed by atoms with Crippen molar-refractivity contribution in [3.05, 3.63) is 34.9 Å². The number of benzene rings is 1. The van der Waals surface area contributed by atoms with Gasteiger partial charge in [0.15, 0.2) is 0 Å². The number of hydrogen-bond acceptors (Lipinski definition) is 2. The van der Waals surface area contributed by atoms with E-state index in [0.717, 1.165) is 24.2 Å². The molecule has 1 N–H and O–H groups in total. The van der Waals surface area contributed by atoms with Gasteiger partial charge in [0.2, 0.25) is 0 Å². The molecule has 2 nitrogen and oxygen atoms in total. The van der Waals surface area contributed by atoms with Crippen molar-refractivity contribution in [3.63, 3.8) is 0 Å². The molecule has 1 aromatic rings. The average molecular weight is 316 g/mol. The minimum Gasteiger partial charge on any atom is -0.507 e. The molecule has 23 heavy (non-hydrogen) atoms. The van der Waals surface area contributed by atoms with Gasteiger partial charge in [0.25, 0.3) is 0 Å². The van der Waals surface area contributed by atoms with Gasteiger partial charge in [-0.3, -0.25) is 0 Å². The fraction of sp³-hybridized carbons (Fsp3) is 0.619. The summed E-state index contributed by atoms with van der Waals surface area (Å²) >= 11 is 0. The van der Waals surface area contributed by atoms with Crippen LogP contribution in [-0.2, 0) is 6.42 Å². The first kappa shape index (κ1) is 17.9. The Balaban J connectivity index is 2.35. The van der Waals surface area contributed by atoms with Crippen LogP contribution < -0.4 is 4.74 Å². The van der Waals surface area contributed by atoms with Crippen LogP contribution in [0.2, 0.25) is 0 Å². The molecule has 0 saturated heterocycles. The molecule has 0 bridgehead atoms. The van der Waals surface area contributed by atoms with Crippen molar-refractivity contribution in [2.24, 2.45) is 5.92 Å². The first-order valence-corrected chi connectivity index (χ1v) is 9.17. The van der Waals surface area contributed by atoms with E-state index in [1.807, 2.05) is 6.07 Å². The highest BCUT2D eigenvalue weighted by atomic mass is 16.5. The summed E-state index contributed by atoms with van der Waals surface area (Å²) in [5.41, 5.74) is 3.59. The van der Waals surface area contributed by atoms with Gasteiger partial charge in [0.1, 0.15) is 11.5 Å². The number of methoxy groups -OCH3 is 1. The van der Waals surface area contributed by atoms with Gasteiger partial charge in [0, 0.05) is 11.5 Å². The van der Waals surface area contributed by atoms with Gasteiger partial charge in [-0.2, -0.15) is 0 Å². The molecule has 0 aromatic heterocycles. The molecule has 0 unspecified atom stereocenters. The third-order valence-corrected chi connectivity index (χ3v) is 5.21. The third-order valence-electron chi connectivity index (χ3n) is 5.21. The number of aryl methyl sites for hydroxylation is 1. The summed E-state index contributed by atoms with van der Waals surface area (Å²) in [4.78, 5) is 0. The maximum absolute atomic E-state index is 10.7. The first-order valence-electron chi connectivity index (χ1n) is 9.17. The highest BCUT2D eigenvalue weighted by molar-refractivity contribution is 5.51. The zero-order valence-electron chi connectivity index (χ0n) is 15.2.